The number of benzene rings is 2. The third-order valence-corrected chi connectivity index (χ3v) is 4.67. The fourth-order valence-electron chi connectivity index (χ4n) is 2.79. The number of methoxy groups -OCH3 is 3. The molecule has 2 aromatic carbocycles. The Hall–Kier alpha value is -3.91. The molecule has 0 aliphatic carbocycles. The van der Waals surface area contributed by atoms with Gasteiger partial charge in [-0.25, -0.2) is 0 Å². The van der Waals surface area contributed by atoms with Gasteiger partial charge in [0.05, 0.1) is 32.6 Å². The summed E-state index contributed by atoms with van der Waals surface area (Å²) in [6.45, 7) is 0. The van der Waals surface area contributed by atoms with Crippen LogP contribution >= 0.6 is 11.6 Å². The molecule has 0 radical (unpaired) electrons. The number of hydrogen-bond donors (Lipinski definition) is 2. The Morgan fingerprint density at radius 1 is 0.938 bits per heavy atom. The fourth-order valence-corrected chi connectivity index (χ4v) is 3.05. The number of rotatable bonds is 8. The number of anilines is 1. The Morgan fingerprint density at radius 2 is 1.66 bits per heavy atom. The van der Waals surface area contributed by atoms with Crippen LogP contribution in [0.25, 0.3) is 6.08 Å². The van der Waals surface area contributed by atoms with E-state index in [1.165, 1.54) is 39.7 Å². The molecule has 0 aliphatic rings. The first-order valence-corrected chi connectivity index (χ1v) is 9.76. The molecule has 166 valence electrons. The highest BCUT2D eigenvalue weighted by Crippen LogP contribution is 2.28. The number of carbonyl (C=O) groups is 2. The van der Waals surface area contributed by atoms with Crippen molar-refractivity contribution in [3.63, 3.8) is 0 Å². The van der Waals surface area contributed by atoms with Crippen molar-refractivity contribution >= 4 is 35.2 Å². The van der Waals surface area contributed by atoms with Gasteiger partial charge in [-0.1, -0.05) is 11.6 Å². The first-order valence-electron chi connectivity index (χ1n) is 9.38. The molecule has 3 rings (SSSR count). The van der Waals surface area contributed by atoms with Gasteiger partial charge < -0.3 is 29.3 Å². The number of ether oxygens (including phenoxy) is 3. The van der Waals surface area contributed by atoms with Gasteiger partial charge in [-0.2, -0.15) is 0 Å². The maximum Gasteiger partial charge on any atom is 0.272 e. The zero-order chi connectivity index (χ0) is 23.1. The summed E-state index contributed by atoms with van der Waals surface area (Å²) in [5.74, 6) is 0.620. The highest BCUT2D eigenvalue weighted by molar-refractivity contribution is 6.32. The summed E-state index contributed by atoms with van der Waals surface area (Å²) < 4.78 is 20.8. The van der Waals surface area contributed by atoms with E-state index < -0.39 is 11.8 Å². The van der Waals surface area contributed by atoms with E-state index in [2.05, 4.69) is 10.6 Å². The predicted octanol–water partition coefficient (Wildman–Crippen LogP) is 4.37. The molecular weight excluding hydrogens is 436 g/mol. The molecule has 0 spiro atoms. The quantitative estimate of drug-likeness (QED) is 0.488. The first-order chi connectivity index (χ1) is 15.4. The number of amides is 2. The van der Waals surface area contributed by atoms with E-state index in [1.807, 2.05) is 0 Å². The number of nitrogens with one attached hydrogen (secondary N) is 2. The van der Waals surface area contributed by atoms with E-state index in [4.69, 9.17) is 30.2 Å². The minimum absolute atomic E-state index is 0.0355. The summed E-state index contributed by atoms with van der Waals surface area (Å²) in [4.78, 5) is 25.8. The van der Waals surface area contributed by atoms with Crippen LogP contribution < -0.4 is 24.8 Å². The van der Waals surface area contributed by atoms with Crippen molar-refractivity contribution in [1.82, 2.24) is 5.32 Å². The standard InChI is InChI=1S/C23H21ClN2O6/c1-29-19-9-7-15(12-17(19)24)25-23(28)18(13-16-5-4-10-32-16)26-22(27)14-6-8-20(30-2)21(11-14)31-3/h4-13H,1-3H3,(H,25,28)(H,26,27)/b18-13-. The highest BCUT2D eigenvalue weighted by Gasteiger charge is 2.18. The molecule has 2 amide bonds. The molecule has 1 heterocycles. The topological polar surface area (TPSA) is 99.0 Å². The molecule has 0 fully saturated rings. The van der Waals surface area contributed by atoms with Crippen molar-refractivity contribution in [3.8, 4) is 17.2 Å². The maximum absolute atomic E-state index is 12.9. The molecule has 0 atom stereocenters. The Morgan fingerprint density at radius 3 is 2.28 bits per heavy atom. The second kappa shape index (κ2) is 10.4. The van der Waals surface area contributed by atoms with E-state index in [1.54, 1.807) is 42.5 Å². The Bertz CT molecular complexity index is 1140. The molecule has 3 aromatic rings. The van der Waals surface area contributed by atoms with Gasteiger partial charge in [0.1, 0.15) is 17.2 Å². The maximum atomic E-state index is 12.9. The van der Waals surface area contributed by atoms with E-state index in [-0.39, 0.29) is 11.3 Å². The van der Waals surface area contributed by atoms with Gasteiger partial charge in [0, 0.05) is 17.3 Å². The zero-order valence-electron chi connectivity index (χ0n) is 17.6. The molecule has 0 saturated heterocycles. The van der Waals surface area contributed by atoms with Crippen LogP contribution in [0.3, 0.4) is 0 Å². The van der Waals surface area contributed by atoms with Crippen LogP contribution in [-0.2, 0) is 4.79 Å². The largest absolute Gasteiger partial charge is 0.495 e. The normalized spacial score (nSPS) is 10.9. The highest BCUT2D eigenvalue weighted by atomic mass is 35.5. The lowest BCUT2D eigenvalue weighted by Crippen LogP contribution is -2.30. The van der Waals surface area contributed by atoms with E-state index in [0.717, 1.165) is 0 Å². The van der Waals surface area contributed by atoms with Crippen molar-refractivity contribution < 1.29 is 28.2 Å². The molecule has 1 aromatic heterocycles. The van der Waals surface area contributed by atoms with Crippen LogP contribution in [0.1, 0.15) is 16.1 Å². The molecule has 0 unspecified atom stereocenters. The lowest BCUT2D eigenvalue weighted by molar-refractivity contribution is -0.113. The van der Waals surface area contributed by atoms with Crippen LogP contribution in [0.5, 0.6) is 17.2 Å². The van der Waals surface area contributed by atoms with Gasteiger partial charge in [-0.05, 0) is 48.5 Å². The smallest absolute Gasteiger partial charge is 0.272 e. The number of furan rings is 1. The number of hydrogen-bond acceptors (Lipinski definition) is 6. The summed E-state index contributed by atoms with van der Waals surface area (Å²) in [6.07, 6.45) is 2.87. The summed E-state index contributed by atoms with van der Waals surface area (Å²) in [7, 11) is 4.46. The third kappa shape index (κ3) is 5.41. The van der Waals surface area contributed by atoms with Crippen LogP contribution in [0.2, 0.25) is 5.02 Å². The minimum atomic E-state index is -0.573. The Labute approximate surface area is 189 Å². The molecule has 2 N–H and O–H groups in total. The predicted molar refractivity (Wildman–Crippen MR) is 120 cm³/mol. The van der Waals surface area contributed by atoms with Gasteiger partial charge >= 0.3 is 0 Å². The van der Waals surface area contributed by atoms with Crippen LogP contribution in [0.4, 0.5) is 5.69 Å². The van der Waals surface area contributed by atoms with Crippen molar-refractivity contribution in [2.45, 2.75) is 0 Å². The van der Waals surface area contributed by atoms with Crippen molar-refractivity contribution in [1.29, 1.82) is 0 Å². The molecule has 32 heavy (non-hydrogen) atoms. The molecule has 9 heteroatoms. The third-order valence-electron chi connectivity index (χ3n) is 4.38. The monoisotopic (exact) mass is 456 g/mol. The molecule has 0 saturated carbocycles. The summed E-state index contributed by atoms with van der Waals surface area (Å²) in [5, 5.41) is 5.64. The van der Waals surface area contributed by atoms with E-state index in [0.29, 0.717) is 33.7 Å². The van der Waals surface area contributed by atoms with Crippen molar-refractivity contribution in [2.75, 3.05) is 26.6 Å². The summed E-state index contributed by atoms with van der Waals surface area (Å²) >= 11 is 6.13. The number of halogens is 1. The van der Waals surface area contributed by atoms with Crippen LogP contribution in [0, 0.1) is 0 Å². The van der Waals surface area contributed by atoms with Gasteiger partial charge in [0.2, 0.25) is 0 Å². The molecular formula is C23H21ClN2O6. The second-order valence-corrected chi connectivity index (χ2v) is 6.81. The Kier molecular flexibility index (Phi) is 7.41. The summed E-state index contributed by atoms with van der Waals surface area (Å²) in [6, 6.07) is 12.8. The minimum Gasteiger partial charge on any atom is -0.495 e. The van der Waals surface area contributed by atoms with Crippen molar-refractivity contribution in [2.24, 2.45) is 0 Å². The second-order valence-electron chi connectivity index (χ2n) is 6.40. The van der Waals surface area contributed by atoms with E-state index in [9.17, 15) is 9.59 Å². The van der Waals surface area contributed by atoms with Gasteiger partial charge in [0.15, 0.2) is 11.5 Å². The van der Waals surface area contributed by atoms with Crippen molar-refractivity contribution in [3.05, 3.63) is 76.8 Å². The molecule has 0 bridgehead atoms. The summed E-state index contributed by atoms with van der Waals surface area (Å²) in [5.41, 5.74) is 0.659. The van der Waals surface area contributed by atoms with Gasteiger partial charge in [-0.15, -0.1) is 0 Å². The first kappa shape index (κ1) is 22.8. The zero-order valence-corrected chi connectivity index (χ0v) is 18.4. The lowest BCUT2D eigenvalue weighted by Gasteiger charge is -2.13. The average molecular weight is 457 g/mol. The SMILES string of the molecule is COc1ccc(NC(=O)/C(=C/c2ccco2)NC(=O)c2ccc(OC)c(OC)c2)cc1Cl. The Balaban J connectivity index is 1.86. The lowest BCUT2D eigenvalue weighted by atomic mass is 10.1. The van der Waals surface area contributed by atoms with E-state index >= 15 is 0 Å². The van der Waals surface area contributed by atoms with Crippen LogP contribution in [0.15, 0.2) is 64.9 Å². The molecule has 0 aliphatic heterocycles. The van der Waals surface area contributed by atoms with Gasteiger partial charge in [0.25, 0.3) is 11.8 Å². The van der Waals surface area contributed by atoms with Crippen LogP contribution in [-0.4, -0.2) is 33.1 Å². The average Bonchev–Trinajstić information content (AvgIpc) is 3.31. The number of carbonyl (C=O) groups excluding carboxylic acids is 2. The van der Waals surface area contributed by atoms with Gasteiger partial charge in [-0.3, -0.25) is 9.59 Å². The fraction of sp³-hybridized carbons (Fsp3) is 0.130. The molecule has 8 nitrogen and oxygen atoms in total.